The molecule has 0 saturated heterocycles. The summed E-state index contributed by atoms with van der Waals surface area (Å²) < 4.78 is 1.85. The normalized spacial score (nSPS) is 15.0. The molecule has 1 saturated carbocycles. The molecule has 148 valence electrons. The van der Waals surface area contributed by atoms with Crippen LogP contribution in [-0.4, -0.2) is 45.0 Å². The predicted octanol–water partition coefficient (Wildman–Crippen LogP) is 3.31. The van der Waals surface area contributed by atoms with Crippen LogP contribution < -0.4 is 10.6 Å². The van der Waals surface area contributed by atoms with Crippen LogP contribution in [0.25, 0.3) is 11.0 Å². The average Bonchev–Trinajstić information content (AvgIpc) is 3.29. The number of anilines is 1. The predicted molar refractivity (Wildman–Crippen MR) is 110 cm³/mol. The Hall–Kier alpha value is -1.83. The van der Waals surface area contributed by atoms with Gasteiger partial charge in [0.25, 0.3) is 0 Å². The number of rotatable bonds is 9. The van der Waals surface area contributed by atoms with Gasteiger partial charge in [-0.05, 0) is 30.9 Å². The Morgan fingerprint density at radius 3 is 2.81 bits per heavy atom. The van der Waals surface area contributed by atoms with E-state index in [1.807, 2.05) is 17.1 Å². The van der Waals surface area contributed by atoms with Crippen molar-refractivity contribution >= 4 is 34.5 Å². The maximum Gasteiger partial charge on any atom is 0.220 e. The zero-order valence-electron chi connectivity index (χ0n) is 16.5. The number of amides is 1. The van der Waals surface area contributed by atoms with Gasteiger partial charge in [0.15, 0.2) is 10.8 Å². The minimum Gasteiger partial charge on any atom is -0.369 e. The minimum atomic E-state index is 0.150. The molecule has 2 aromatic rings. The topological polar surface area (TPSA) is 84.7 Å². The Morgan fingerprint density at radius 1 is 1.33 bits per heavy atom. The van der Waals surface area contributed by atoms with Gasteiger partial charge in [-0.15, -0.1) is 0 Å². The van der Waals surface area contributed by atoms with E-state index in [9.17, 15) is 4.79 Å². The summed E-state index contributed by atoms with van der Waals surface area (Å²) in [5.41, 5.74) is 0.811. The number of thioether (sulfide) groups is 1. The molecule has 0 atom stereocenters. The summed E-state index contributed by atoms with van der Waals surface area (Å²) in [5, 5.41) is 12.6. The Balaban J connectivity index is 1.63. The van der Waals surface area contributed by atoms with Crippen molar-refractivity contribution in [2.75, 3.05) is 24.7 Å². The van der Waals surface area contributed by atoms with Gasteiger partial charge < -0.3 is 10.6 Å². The maximum atomic E-state index is 12.1. The van der Waals surface area contributed by atoms with E-state index >= 15 is 0 Å². The van der Waals surface area contributed by atoms with Crippen molar-refractivity contribution in [2.24, 2.45) is 11.8 Å². The van der Waals surface area contributed by atoms with Crippen LogP contribution >= 0.6 is 11.8 Å². The molecule has 0 radical (unpaired) electrons. The molecule has 1 aliphatic rings. The number of nitrogens with zero attached hydrogens (tertiary/aromatic N) is 4. The largest absolute Gasteiger partial charge is 0.369 e. The van der Waals surface area contributed by atoms with Crippen molar-refractivity contribution in [2.45, 2.75) is 57.7 Å². The summed E-state index contributed by atoms with van der Waals surface area (Å²) in [6, 6.07) is 0. The maximum absolute atomic E-state index is 12.1. The van der Waals surface area contributed by atoms with Crippen LogP contribution in [0.15, 0.2) is 11.4 Å². The third kappa shape index (κ3) is 5.34. The fraction of sp³-hybridized carbons (Fsp3) is 0.684. The van der Waals surface area contributed by atoms with Gasteiger partial charge in [0.2, 0.25) is 5.91 Å². The Kier molecular flexibility index (Phi) is 6.93. The summed E-state index contributed by atoms with van der Waals surface area (Å²) in [5.74, 6) is 2.08. The van der Waals surface area contributed by atoms with Gasteiger partial charge in [-0.25, -0.2) is 14.6 Å². The highest BCUT2D eigenvalue weighted by Crippen LogP contribution is 2.27. The molecule has 0 bridgehead atoms. The second-order valence-electron chi connectivity index (χ2n) is 7.64. The van der Waals surface area contributed by atoms with Crippen molar-refractivity contribution < 1.29 is 4.79 Å². The molecule has 2 aromatic heterocycles. The summed E-state index contributed by atoms with van der Waals surface area (Å²) in [6.45, 7) is 6.35. The van der Waals surface area contributed by atoms with Crippen molar-refractivity contribution in [3.05, 3.63) is 6.20 Å². The first-order valence-corrected chi connectivity index (χ1v) is 11.1. The van der Waals surface area contributed by atoms with E-state index in [0.717, 1.165) is 28.6 Å². The number of nitrogens with one attached hydrogen (secondary N) is 2. The van der Waals surface area contributed by atoms with E-state index in [2.05, 4.69) is 39.5 Å². The zero-order chi connectivity index (χ0) is 19.2. The van der Waals surface area contributed by atoms with Crippen LogP contribution in [0, 0.1) is 11.8 Å². The highest BCUT2D eigenvalue weighted by Gasteiger charge is 2.18. The van der Waals surface area contributed by atoms with Crippen LogP contribution in [0.4, 0.5) is 5.82 Å². The molecule has 2 N–H and O–H groups in total. The van der Waals surface area contributed by atoms with Gasteiger partial charge in [0, 0.05) is 19.5 Å². The number of aromatic nitrogens is 4. The van der Waals surface area contributed by atoms with Crippen molar-refractivity contribution in [1.29, 1.82) is 0 Å². The van der Waals surface area contributed by atoms with Crippen LogP contribution in [0.2, 0.25) is 0 Å². The Bertz CT molecular complexity index is 769. The molecular weight excluding hydrogens is 360 g/mol. The first-order valence-electron chi connectivity index (χ1n) is 9.85. The summed E-state index contributed by atoms with van der Waals surface area (Å²) in [4.78, 5) is 21.3. The van der Waals surface area contributed by atoms with E-state index in [1.165, 1.54) is 37.4 Å². The minimum absolute atomic E-state index is 0.150. The Morgan fingerprint density at radius 2 is 2.11 bits per heavy atom. The van der Waals surface area contributed by atoms with Crippen molar-refractivity contribution in [3.8, 4) is 0 Å². The second kappa shape index (κ2) is 9.39. The smallest absolute Gasteiger partial charge is 0.220 e. The molecule has 3 rings (SSSR count). The van der Waals surface area contributed by atoms with Gasteiger partial charge in [-0.2, -0.15) is 5.10 Å². The number of hydrogen-bond acceptors (Lipinski definition) is 6. The van der Waals surface area contributed by atoms with Gasteiger partial charge in [-0.1, -0.05) is 38.5 Å². The molecule has 8 heteroatoms. The molecule has 1 amide bonds. The van der Waals surface area contributed by atoms with Gasteiger partial charge in [-0.3, -0.25) is 4.79 Å². The van der Waals surface area contributed by atoms with Crippen molar-refractivity contribution in [1.82, 2.24) is 25.1 Å². The van der Waals surface area contributed by atoms with E-state index in [0.29, 0.717) is 31.3 Å². The lowest BCUT2D eigenvalue weighted by Gasteiger charge is -2.11. The molecule has 7 nitrogen and oxygen atoms in total. The average molecular weight is 391 g/mol. The van der Waals surface area contributed by atoms with Gasteiger partial charge in [0.05, 0.1) is 18.1 Å². The lowest BCUT2D eigenvalue weighted by atomic mass is 10.0. The fourth-order valence-corrected chi connectivity index (χ4v) is 3.84. The Labute approximate surface area is 165 Å². The van der Waals surface area contributed by atoms with Gasteiger partial charge in [0.1, 0.15) is 5.82 Å². The molecule has 0 unspecified atom stereocenters. The zero-order valence-corrected chi connectivity index (χ0v) is 17.3. The number of hydrogen-bond donors (Lipinski definition) is 2. The standard InChI is InChI=1S/C19H30N6OS/c1-13(2)11-21-17-15-12-22-25(18(15)24-19(23-17)27-3)9-8-20-16(26)10-14-6-4-5-7-14/h12-14H,4-11H2,1-3H3,(H,20,26)(H,21,23,24). The van der Waals surface area contributed by atoms with E-state index in [-0.39, 0.29) is 5.91 Å². The van der Waals surface area contributed by atoms with Crippen LogP contribution in [0.3, 0.4) is 0 Å². The lowest BCUT2D eigenvalue weighted by molar-refractivity contribution is -0.122. The lowest BCUT2D eigenvalue weighted by Crippen LogP contribution is -2.28. The van der Waals surface area contributed by atoms with E-state index < -0.39 is 0 Å². The van der Waals surface area contributed by atoms with Crippen LogP contribution in [-0.2, 0) is 11.3 Å². The molecule has 0 spiro atoms. The number of carbonyl (C=O) groups is 1. The monoisotopic (exact) mass is 390 g/mol. The third-order valence-electron chi connectivity index (χ3n) is 4.93. The van der Waals surface area contributed by atoms with Crippen LogP contribution in [0.1, 0.15) is 46.0 Å². The highest BCUT2D eigenvalue weighted by atomic mass is 32.2. The fourth-order valence-electron chi connectivity index (χ4n) is 3.48. The molecular formula is C19H30N6OS. The molecule has 27 heavy (non-hydrogen) atoms. The van der Waals surface area contributed by atoms with E-state index in [4.69, 9.17) is 0 Å². The summed E-state index contributed by atoms with van der Waals surface area (Å²) in [6.07, 6.45) is 9.35. The van der Waals surface area contributed by atoms with Crippen molar-refractivity contribution in [3.63, 3.8) is 0 Å². The third-order valence-corrected chi connectivity index (χ3v) is 5.48. The molecule has 0 aromatic carbocycles. The molecule has 1 fully saturated rings. The molecule has 1 aliphatic carbocycles. The molecule has 2 heterocycles. The second-order valence-corrected chi connectivity index (χ2v) is 8.42. The number of fused-ring (bicyclic) bond motifs is 1. The molecule has 0 aliphatic heterocycles. The van der Waals surface area contributed by atoms with E-state index in [1.54, 1.807) is 0 Å². The quantitative estimate of drug-likeness (QED) is 0.505. The summed E-state index contributed by atoms with van der Waals surface area (Å²) in [7, 11) is 0. The SMILES string of the molecule is CSc1nc(NCC(C)C)c2cnn(CCNC(=O)CC3CCCC3)c2n1. The van der Waals surface area contributed by atoms with Gasteiger partial charge >= 0.3 is 0 Å². The number of carbonyl (C=O) groups excluding carboxylic acids is 1. The first-order chi connectivity index (χ1) is 13.1. The highest BCUT2D eigenvalue weighted by molar-refractivity contribution is 7.98. The summed E-state index contributed by atoms with van der Waals surface area (Å²) >= 11 is 1.52. The van der Waals surface area contributed by atoms with Crippen LogP contribution in [0.5, 0.6) is 0 Å². The first kappa shape index (κ1) is 19.9.